The molecule has 3 aromatic rings. The number of nitrogens with two attached hydrogens (primary N) is 1. The molecule has 0 atom stereocenters. The fourth-order valence-corrected chi connectivity index (χ4v) is 3.82. The first-order valence-electron chi connectivity index (χ1n) is 9.36. The minimum Gasteiger partial charge on any atom is -0.438 e. The van der Waals surface area contributed by atoms with Crippen LogP contribution in [0, 0.1) is 5.82 Å². The van der Waals surface area contributed by atoms with Crippen LogP contribution in [0.2, 0.25) is 0 Å². The van der Waals surface area contributed by atoms with Crippen LogP contribution in [-0.4, -0.2) is 43.1 Å². The standard InChI is InChI=1S/C19H22FN5O4S/c1-2-3-7-30-18-23-16(21)15-17(24-18)25(19(28)22-15)9-12-6-4-5-11(14(12)20)8-13(27)29-10-26/h4-6,26H,2-3,7-10H2,1H3,(H,22,28)(H2,21,23,24). The minimum absolute atomic E-state index is 0.101. The zero-order chi connectivity index (χ0) is 21.7. The Kier molecular flexibility index (Phi) is 7.06. The lowest BCUT2D eigenvalue weighted by molar-refractivity contribution is -0.150. The van der Waals surface area contributed by atoms with E-state index in [4.69, 9.17) is 10.8 Å². The summed E-state index contributed by atoms with van der Waals surface area (Å²) in [6.45, 7) is 1.20. The van der Waals surface area contributed by atoms with Gasteiger partial charge in [-0.3, -0.25) is 9.36 Å². The van der Waals surface area contributed by atoms with E-state index in [1.807, 2.05) is 0 Å². The number of esters is 1. The zero-order valence-electron chi connectivity index (χ0n) is 16.4. The molecular weight excluding hydrogens is 413 g/mol. The third-order valence-corrected chi connectivity index (χ3v) is 5.34. The number of anilines is 1. The number of nitrogens with zero attached hydrogens (tertiary/aromatic N) is 3. The number of imidazole rings is 1. The number of hydrogen-bond donors (Lipinski definition) is 3. The van der Waals surface area contributed by atoms with Gasteiger partial charge in [-0.25, -0.2) is 19.2 Å². The highest BCUT2D eigenvalue weighted by atomic mass is 32.2. The number of aliphatic hydroxyl groups is 1. The molecule has 4 N–H and O–H groups in total. The van der Waals surface area contributed by atoms with Crippen molar-refractivity contribution in [3.8, 4) is 0 Å². The van der Waals surface area contributed by atoms with E-state index in [9.17, 15) is 14.0 Å². The summed E-state index contributed by atoms with van der Waals surface area (Å²) in [6, 6.07) is 4.54. The first-order chi connectivity index (χ1) is 14.4. The second-order valence-corrected chi connectivity index (χ2v) is 7.58. The molecular formula is C19H22FN5O4S. The molecule has 9 nitrogen and oxygen atoms in total. The smallest absolute Gasteiger partial charge is 0.328 e. The van der Waals surface area contributed by atoms with Crippen molar-refractivity contribution in [3.63, 3.8) is 0 Å². The molecule has 0 fully saturated rings. The topological polar surface area (TPSA) is 136 Å². The second kappa shape index (κ2) is 9.72. The van der Waals surface area contributed by atoms with Gasteiger partial charge in [0.15, 0.2) is 23.4 Å². The quantitative estimate of drug-likeness (QED) is 0.152. The molecule has 0 unspecified atom stereocenters. The van der Waals surface area contributed by atoms with E-state index < -0.39 is 24.3 Å². The normalized spacial score (nSPS) is 11.2. The van der Waals surface area contributed by atoms with E-state index >= 15 is 0 Å². The maximum Gasteiger partial charge on any atom is 0.328 e. The molecule has 0 saturated carbocycles. The van der Waals surface area contributed by atoms with E-state index in [1.165, 1.54) is 28.5 Å². The number of aromatic amines is 1. The highest BCUT2D eigenvalue weighted by Gasteiger charge is 2.18. The van der Waals surface area contributed by atoms with E-state index in [1.54, 1.807) is 6.07 Å². The number of aliphatic hydroxyl groups excluding tert-OH is 1. The number of carbonyl (C=O) groups is 1. The SMILES string of the molecule is CCCCSc1nc(N)c2[nH]c(=O)n(Cc3cccc(CC(=O)OCO)c3F)c2n1. The summed E-state index contributed by atoms with van der Waals surface area (Å²) < 4.78 is 20.6. The van der Waals surface area contributed by atoms with Crippen molar-refractivity contribution in [3.05, 3.63) is 45.6 Å². The molecule has 1 aromatic carbocycles. The van der Waals surface area contributed by atoms with Crippen LogP contribution < -0.4 is 11.4 Å². The molecule has 2 aromatic heterocycles. The third kappa shape index (κ3) is 4.79. The molecule has 0 bridgehead atoms. The van der Waals surface area contributed by atoms with Crippen LogP contribution in [0.3, 0.4) is 0 Å². The Morgan fingerprint density at radius 2 is 2.13 bits per heavy atom. The van der Waals surface area contributed by atoms with Crippen molar-refractivity contribution in [2.45, 2.75) is 37.9 Å². The van der Waals surface area contributed by atoms with Gasteiger partial charge in [0.05, 0.1) is 13.0 Å². The predicted octanol–water partition coefficient (Wildman–Crippen LogP) is 1.82. The van der Waals surface area contributed by atoms with E-state index in [-0.39, 0.29) is 35.6 Å². The minimum atomic E-state index is -0.773. The summed E-state index contributed by atoms with van der Waals surface area (Å²) in [5, 5.41) is 9.10. The molecule has 30 heavy (non-hydrogen) atoms. The number of hydrogen-bond acceptors (Lipinski definition) is 8. The summed E-state index contributed by atoms with van der Waals surface area (Å²) in [4.78, 5) is 35.3. The Morgan fingerprint density at radius 1 is 1.37 bits per heavy atom. The average molecular weight is 435 g/mol. The van der Waals surface area contributed by atoms with Crippen LogP contribution in [0.25, 0.3) is 11.2 Å². The van der Waals surface area contributed by atoms with Gasteiger partial charge in [-0.05, 0) is 12.0 Å². The van der Waals surface area contributed by atoms with Gasteiger partial charge in [0.1, 0.15) is 11.3 Å². The number of halogens is 1. The monoisotopic (exact) mass is 435 g/mol. The number of nitrogens with one attached hydrogen (secondary N) is 1. The molecule has 0 aliphatic rings. The van der Waals surface area contributed by atoms with E-state index in [2.05, 4.69) is 26.6 Å². The highest BCUT2D eigenvalue weighted by molar-refractivity contribution is 7.99. The van der Waals surface area contributed by atoms with Gasteiger partial charge < -0.3 is 20.6 Å². The Morgan fingerprint density at radius 3 is 2.87 bits per heavy atom. The van der Waals surface area contributed by atoms with Crippen molar-refractivity contribution < 1.29 is 19.0 Å². The van der Waals surface area contributed by atoms with Crippen molar-refractivity contribution >= 4 is 34.7 Å². The van der Waals surface area contributed by atoms with Crippen LogP contribution in [0.15, 0.2) is 28.2 Å². The summed E-state index contributed by atoms with van der Waals surface area (Å²) in [7, 11) is 0. The molecule has 3 rings (SSSR count). The zero-order valence-corrected chi connectivity index (χ0v) is 17.2. The number of H-pyrrole nitrogens is 1. The van der Waals surface area contributed by atoms with Crippen molar-refractivity contribution in [1.29, 1.82) is 0 Å². The number of unbranched alkanes of at least 4 members (excludes halogenated alkanes) is 1. The number of rotatable bonds is 9. The van der Waals surface area contributed by atoms with Gasteiger partial charge in [0.2, 0.25) is 0 Å². The molecule has 160 valence electrons. The van der Waals surface area contributed by atoms with Crippen molar-refractivity contribution in [2.24, 2.45) is 0 Å². The average Bonchev–Trinajstić information content (AvgIpc) is 3.01. The van der Waals surface area contributed by atoms with Crippen LogP contribution >= 0.6 is 11.8 Å². The van der Waals surface area contributed by atoms with Crippen molar-refractivity contribution in [1.82, 2.24) is 19.5 Å². The Hall–Kier alpha value is -2.92. The molecule has 0 spiro atoms. The van der Waals surface area contributed by atoms with Crippen LogP contribution in [0.4, 0.5) is 10.2 Å². The Bertz CT molecular complexity index is 1110. The van der Waals surface area contributed by atoms with Gasteiger partial charge >= 0.3 is 11.7 Å². The molecule has 0 aliphatic heterocycles. The summed E-state index contributed by atoms with van der Waals surface area (Å²) in [6.07, 6.45) is 1.68. The molecule has 2 heterocycles. The summed E-state index contributed by atoms with van der Waals surface area (Å²) in [5.41, 5.74) is 6.37. The highest BCUT2D eigenvalue weighted by Crippen LogP contribution is 2.22. The number of benzene rings is 1. The Balaban J connectivity index is 1.94. The van der Waals surface area contributed by atoms with Gasteiger partial charge in [-0.1, -0.05) is 43.3 Å². The molecule has 11 heteroatoms. The summed E-state index contributed by atoms with van der Waals surface area (Å²) >= 11 is 1.44. The molecule has 0 saturated heterocycles. The van der Waals surface area contributed by atoms with E-state index in [0.717, 1.165) is 18.6 Å². The lowest BCUT2D eigenvalue weighted by Crippen LogP contribution is -2.19. The molecule has 0 amide bonds. The molecule has 0 aliphatic carbocycles. The van der Waals surface area contributed by atoms with Gasteiger partial charge in [-0.2, -0.15) is 0 Å². The second-order valence-electron chi connectivity index (χ2n) is 6.52. The van der Waals surface area contributed by atoms with Crippen LogP contribution in [0.5, 0.6) is 0 Å². The number of fused-ring (bicyclic) bond motifs is 1. The fourth-order valence-electron chi connectivity index (χ4n) is 2.89. The third-order valence-electron chi connectivity index (χ3n) is 4.41. The summed E-state index contributed by atoms with van der Waals surface area (Å²) in [5.74, 6) is -0.424. The number of thioether (sulfide) groups is 1. The maximum absolute atomic E-state index is 14.9. The number of nitrogen functional groups attached to an aromatic ring is 1. The number of ether oxygens (including phenoxy) is 1. The van der Waals surface area contributed by atoms with Gasteiger partial charge in [0.25, 0.3) is 0 Å². The van der Waals surface area contributed by atoms with Gasteiger partial charge in [-0.15, -0.1) is 0 Å². The maximum atomic E-state index is 14.9. The number of carbonyl (C=O) groups excluding carboxylic acids is 1. The van der Waals surface area contributed by atoms with Crippen LogP contribution in [0.1, 0.15) is 30.9 Å². The number of aromatic nitrogens is 4. The van der Waals surface area contributed by atoms with Crippen LogP contribution in [-0.2, 0) is 22.5 Å². The lowest BCUT2D eigenvalue weighted by atomic mass is 10.1. The first-order valence-corrected chi connectivity index (χ1v) is 10.3. The van der Waals surface area contributed by atoms with Gasteiger partial charge in [0, 0.05) is 11.3 Å². The largest absolute Gasteiger partial charge is 0.438 e. The lowest BCUT2D eigenvalue weighted by Gasteiger charge is -2.09. The predicted molar refractivity (Wildman–Crippen MR) is 111 cm³/mol. The fraction of sp³-hybridized carbons (Fsp3) is 0.368. The Labute approximate surface area is 175 Å². The molecule has 0 radical (unpaired) electrons. The first kappa shape index (κ1) is 21.8. The van der Waals surface area contributed by atoms with Crippen molar-refractivity contribution in [2.75, 3.05) is 18.3 Å². The van der Waals surface area contributed by atoms with E-state index in [0.29, 0.717) is 10.7 Å².